The molecule has 0 amide bonds. The Kier molecular flexibility index (Phi) is 15.1. The molecule has 15 heteroatoms. The molecule has 0 spiro atoms. The predicted molar refractivity (Wildman–Crippen MR) is 217 cm³/mol. The summed E-state index contributed by atoms with van der Waals surface area (Å²) in [6.45, 7) is 5.00. The van der Waals surface area contributed by atoms with Crippen LogP contribution in [0.15, 0.2) is 109 Å². The number of rotatable bonds is 9. The normalized spacial score (nSPS) is 11.3. The van der Waals surface area contributed by atoms with E-state index in [1.165, 1.54) is 30.3 Å². The summed E-state index contributed by atoms with van der Waals surface area (Å²) >= 11 is 9.34. The molecule has 0 saturated carbocycles. The average Bonchev–Trinajstić information content (AvgIpc) is 3.17. The topological polar surface area (TPSA) is 199 Å². The molecule has 1 unspecified atom stereocenters. The van der Waals surface area contributed by atoms with E-state index in [2.05, 4.69) is 47.8 Å². The highest BCUT2D eigenvalue weighted by atomic mass is 79.9. The van der Waals surface area contributed by atoms with E-state index in [1.807, 2.05) is 0 Å². The fraction of sp³-hybridized carbons (Fsp3) is 0.143. The van der Waals surface area contributed by atoms with Gasteiger partial charge in [-0.2, -0.15) is 0 Å². The van der Waals surface area contributed by atoms with Crippen LogP contribution in [0, 0.1) is 0 Å². The number of hydrogen-bond donors (Lipinski definition) is 0. The van der Waals surface area contributed by atoms with Gasteiger partial charge >= 0.3 is 17.9 Å². The van der Waals surface area contributed by atoms with Gasteiger partial charge in [0.05, 0.1) is 17.9 Å². The van der Waals surface area contributed by atoms with Crippen LogP contribution in [-0.2, 0) is 14.4 Å². The fourth-order valence-corrected chi connectivity index (χ4v) is 5.47. The first-order valence-corrected chi connectivity index (χ1v) is 19.5. The number of carboxylic acid groups (broad SMARTS) is 3. The predicted octanol–water partition coefficient (Wildman–Crippen LogP) is 5.68. The van der Waals surface area contributed by atoms with Crippen LogP contribution in [0.5, 0.6) is 17.2 Å². The second kappa shape index (κ2) is 19.5. The van der Waals surface area contributed by atoms with Crippen molar-refractivity contribution in [2.75, 3.05) is 5.33 Å². The monoisotopic (exact) mass is 963 g/mol. The molecule has 0 aliphatic carbocycles. The summed E-state index contributed by atoms with van der Waals surface area (Å²) in [5.74, 6) is -4.14. The van der Waals surface area contributed by atoms with Crippen LogP contribution in [0.25, 0.3) is 32.3 Å². The van der Waals surface area contributed by atoms with Gasteiger partial charge in [0.1, 0.15) is 31.7 Å². The second-order valence-electron chi connectivity index (χ2n) is 12.3. The smallest absolute Gasteiger partial charge is 0.327 e. The maximum atomic E-state index is 11.9. The number of carbonyl (C=O) groups is 6. The number of halogens is 3. The summed E-state index contributed by atoms with van der Waals surface area (Å²) in [7, 11) is 0. The minimum atomic E-state index is -1.26. The van der Waals surface area contributed by atoms with Gasteiger partial charge in [-0.05, 0) is 67.3 Å². The zero-order valence-corrected chi connectivity index (χ0v) is 35.0. The Morgan fingerprint density at radius 2 is 0.912 bits per heavy atom. The third-order valence-electron chi connectivity index (χ3n) is 7.87. The van der Waals surface area contributed by atoms with Crippen molar-refractivity contribution >= 4 is 116 Å². The fourth-order valence-electron chi connectivity index (χ4n) is 5.19. The van der Waals surface area contributed by atoms with E-state index >= 15 is 0 Å². The molecule has 6 aromatic carbocycles. The van der Waals surface area contributed by atoms with Crippen molar-refractivity contribution < 1.29 is 58.3 Å². The molecule has 6 aromatic rings. The van der Waals surface area contributed by atoms with E-state index in [-0.39, 0.29) is 22.0 Å². The molecule has 0 fully saturated rings. The minimum absolute atomic E-state index is 0.0681. The van der Waals surface area contributed by atoms with Crippen LogP contribution < -0.4 is 29.5 Å². The number of benzene rings is 6. The Morgan fingerprint density at radius 1 is 0.544 bits per heavy atom. The SMILES string of the molecule is CC(Br)C(=O)Oc1ccc(C(=O)[O-])c2ccccc12.CC(C)(Br)C(=O)Oc1ccc(C(=O)[O-])c2ccccc12.O=C(CBr)Oc1cccc2c(C(=O)[O-])cccc12. The Bertz CT molecular complexity index is 2510. The molecule has 0 radical (unpaired) electrons. The quantitative estimate of drug-likeness (QED) is 0.0978. The number of aromatic carboxylic acids is 3. The zero-order chi connectivity index (χ0) is 42.0. The third-order valence-corrected chi connectivity index (χ3v) is 9.02. The number of esters is 3. The third kappa shape index (κ3) is 11.2. The van der Waals surface area contributed by atoms with Crippen molar-refractivity contribution in [3.8, 4) is 17.2 Å². The van der Waals surface area contributed by atoms with E-state index in [1.54, 1.807) is 99.6 Å². The summed E-state index contributed by atoms with van der Waals surface area (Å²) in [5.41, 5.74) is 0.213. The van der Waals surface area contributed by atoms with Gasteiger partial charge in [-0.1, -0.05) is 127 Å². The summed E-state index contributed by atoms with van der Waals surface area (Å²) in [5, 5.41) is 36.3. The lowest BCUT2D eigenvalue weighted by Gasteiger charge is -2.17. The lowest BCUT2D eigenvalue weighted by molar-refractivity contribution is -0.255. The van der Waals surface area contributed by atoms with Crippen molar-refractivity contribution in [3.63, 3.8) is 0 Å². The molecule has 1 atom stereocenters. The molecular weight excluding hydrogens is 936 g/mol. The van der Waals surface area contributed by atoms with Gasteiger partial charge in [-0.25, -0.2) is 0 Å². The molecule has 0 aliphatic rings. The Hall–Kier alpha value is -5.64. The highest BCUT2D eigenvalue weighted by molar-refractivity contribution is 9.10. The largest absolute Gasteiger partial charge is 0.545 e. The van der Waals surface area contributed by atoms with Gasteiger partial charge in [0.2, 0.25) is 0 Å². The molecule has 57 heavy (non-hydrogen) atoms. The van der Waals surface area contributed by atoms with Crippen molar-refractivity contribution in [2.45, 2.75) is 29.9 Å². The van der Waals surface area contributed by atoms with Crippen LogP contribution in [-0.4, -0.2) is 50.3 Å². The van der Waals surface area contributed by atoms with Gasteiger partial charge in [0.15, 0.2) is 0 Å². The molecule has 6 rings (SSSR count). The lowest BCUT2D eigenvalue weighted by atomic mass is 10.0. The van der Waals surface area contributed by atoms with E-state index in [9.17, 15) is 44.1 Å². The number of fused-ring (bicyclic) bond motifs is 3. The number of ether oxygens (including phenoxy) is 3. The molecule has 0 saturated heterocycles. The standard InChI is InChI=1S/C15H13BrO4.C14H11BrO4.C13H9BrO4/c1-15(2,16)14(19)20-12-8-7-11(13(17)18)9-5-3-4-6-10(9)12;1-8(15)14(18)19-12-7-6-11(13(16)17)9-4-2-3-5-10(9)12;14-7-12(15)18-11-6-2-3-8-9(11)4-1-5-10(8)13(16)17/h3-8H,1-2H3,(H,17,18);2-8H,1H3,(H,16,17);1-6H,7H2,(H,16,17)/p-3. The van der Waals surface area contributed by atoms with Crippen molar-refractivity contribution in [2.24, 2.45) is 0 Å². The number of carboxylic acids is 3. The van der Waals surface area contributed by atoms with Crippen molar-refractivity contribution in [1.29, 1.82) is 0 Å². The molecular formula is C42H30Br3O12-3. The van der Waals surface area contributed by atoms with Crippen molar-refractivity contribution in [1.82, 2.24) is 0 Å². The van der Waals surface area contributed by atoms with Crippen LogP contribution >= 0.6 is 47.8 Å². The molecule has 0 aliphatic heterocycles. The van der Waals surface area contributed by atoms with E-state index in [0.29, 0.717) is 49.6 Å². The molecule has 0 aromatic heterocycles. The maximum Gasteiger partial charge on any atom is 0.327 e. The van der Waals surface area contributed by atoms with Crippen molar-refractivity contribution in [3.05, 3.63) is 126 Å². The Balaban J connectivity index is 0.000000190. The van der Waals surface area contributed by atoms with Crippen LogP contribution in [0.4, 0.5) is 0 Å². The lowest BCUT2D eigenvalue weighted by Crippen LogP contribution is -2.29. The van der Waals surface area contributed by atoms with Gasteiger partial charge < -0.3 is 43.9 Å². The molecule has 0 bridgehead atoms. The first kappa shape index (κ1) is 44.1. The molecule has 12 nitrogen and oxygen atoms in total. The Morgan fingerprint density at radius 3 is 1.33 bits per heavy atom. The van der Waals surface area contributed by atoms with Gasteiger partial charge in [-0.15, -0.1) is 0 Å². The summed E-state index contributed by atoms with van der Waals surface area (Å²) in [6.07, 6.45) is 0. The maximum absolute atomic E-state index is 11.9. The van der Waals surface area contributed by atoms with Crippen LogP contribution in [0.1, 0.15) is 51.8 Å². The number of carbonyl (C=O) groups excluding carboxylic acids is 6. The van der Waals surface area contributed by atoms with Crippen LogP contribution in [0.2, 0.25) is 0 Å². The average molecular weight is 966 g/mol. The highest BCUT2D eigenvalue weighted by Gasteiger charge is 2.27. The summed E-state index contributed by atoms with van der Waals surface area (Å²) in [6, 6.07) is 28.9. The second-order valence-corrected chi connectivity index (χ2v) is 16.3. The van der Waals surface area contributed by atoms with Gasteiger partial charge in [-0.3, -0.25) is 14.4 Å². The number of alkyl halides is 3. The highest BCUT2D eigenvalue weighted by Crippen LogP contribution is 2.32. The molecule has 0 N–H and O–H groups in total. The summed E-state index contributed by atoms with van der Waals surface area (Å²) < 4.78 is 14.8. The van der Waals surface area contributed by atoms with Crippen LogP contribution in [0.3, 0.4) is 0 Å². The molecule has 0 heterocycles. The minimum Gasteiger partial charge on any atom is -0.545 e. The zero-order valence-electron chi connectivity index (χ0n) is 30.2. The first-order valence-electron chi connectivity index (χ1n) is 16.7. The van der Waals surface area contributed by atoms with E-state index < -0.39 is 45.0 Å². The van der Waals surface area contributed by atoms with Gasteiger partial charge in [0.25, 0.3) is 0 Å². The summed E-state index contributed by atoms with van der Waals surface area (Å²) in [4.78, 5) is 67.4. The van der Waals surface area contributed by atoms with E-state index in [0.717, 1.165) is 0 Å². The first-order chi connectivity index (χ1) is 26.9. The Labute approximate surface area is 350 Å². The van der Waals surface area contributed by atoms with Gasteiger partial charge in [0, 0.05) is 32.8 Å². The van der Waals surface area contributed by atoms with E-state index in [4.69, 9.17) is 14.2 Å². The molecule has 294 valence electrons. The number of hydrogen-bond acceptors (Lipinski definition) is 12.